The Bertz CT molecular complexity index is 683. The van der Waals surface area contributed by atoms with Gasteiger partial charge in [-0.1, -0.05) is 29.8 Å². The van der Waals surface area contributed by atoms with Crippen molar-refractivity contribution in [3.63, 3.8) is 0 Å². The molecule has 0 aliphatic carbocycles. The van der Waals surface area contributed by atoms with E-state index < -0.39 is 18.1 Å². The molecule has 0 aromatic heterocycles. The Morgan fingerprint density at radius 2 is 1.86 bits per heavy atom. The molecule has 0 radical (unpaired) electrons. The second kappa shape index (κ2) is 5.65. The standard InChI is InChI=1S/C14H8ClF3O3/c15-9-4-5-11(12(7-9)13(19)20)8-2-1-3-10(6-8)21-14(16,17)18/h1-7H,(H,19,20). The summed E-state index contributed by atoms with van der Waals surface area (Å²) in [6.07, 6.45) is -4.81. The predicted molar refractivity (Wildman–Crippen MR) is 70.5 cm³/mol. The van der Waals surface area contributed by atoms with Crippen LogP contribution in [0.25, 0.3) is 11.1 Å². The number of benzene rings is 2. The van der Waals surface area contributed by atoms with Crippen LogP contribution in [0.5, 0.6) is 5.75 Å². The maximum Gasteiger partial charge on any atom is 0.573 e. The van der Waals surface area contributed by atoms with Gasteiger partial charge in [0.25, 0.3) is 0 Å². The van der Waals surface area contributed by atoms with E-state index in [1.165, 1.54) is 30.3 Å². The minimum atomic E-state index is -4.81. The number of alkyl halides is 3. The fraction of sp³-hybridized carbons (Fsp3) is 0.0714. The molecule has 2 rings (SSSR count). The van der Waals surface area contributed by atoms with Crippen molar-refractivity contribution in [3.8, 4) is 16.9 Å². The molecule has 2 aromatic carbocycles. The fourth-order valence-electron chi connectivity index (χ4n) is 1.81. The van der Waals surface area contributed by atoms with Crippen LogP contribution in [0.3, 0.4) is 0 Å². The molecule has 0 bridgehead atoms. The van der Waals surface area contributed by atoms with Crippen molar-refractivity contribution in [3.05, 3.63) is 53.1 Å². The minimum absolute atomic E-state index is 0.105. The van der Waals surface area contributed by atoms with E-state index in [-0.39, 0.29) is 21.7 Å². The highest BCUT2D eigenvalue weighted by molar-refractivity contribution is 6.31. The van der Waals surface area contributed by atoms with Crippen molar-refractivity contribution in [2.45, 2.75) is 6.36 Å². The lowest BCUT2D eigenvalue weighted by molar-refractivity contribution is -0.274. The molecule has 7 heteroatoms. The number of rotatable bonds is 3. The van der Waals surface area contributed by atoms with Gasteiger partial charge in [-0.15, -0.1) is 13.2 Å². The summed E-state index contributed by atoms with van der Waals surface area (Å²) < 4.78 is 40.4. The molecule has 110 valence electrons. The first-order valence-electron chi connectivity index (χ1n) is 5.65. The van der Waals surface area contributed by atoms with E-state index in [1.807, 2.05) is 0 Å². The Labute approximate surface area is 122 Å². The maximum atomic E-state index is 12.2. The Kier molecular flexibility index (Phi) is 4.09. The third kappa shape index (κ3) is 3.88. The van der Waals surface area contributed by atoms with Crippen molar-refractivity contribution in [2.24, 2.45) is 0 Å². The number of hydrogen-bond donors (Lipinski definition) is 1. The molecular formula is C14H8ClF3O3. The molecule has 0 unspecified atom stereocenters. The first-order valence-corrected chi connectivity index (χ1v) is 6.03. The van der Waals surface area contributed by atoms with Crippen LogP contribution in [0.2, 0.25) is 5.02 Å². The quantitative estimate of drug-likeness (QED) is 0.900. The highest BCUT2D eigenvalue weighted by Crippen LogP contribution is 2.31. The van der Waals surface area contributed by atoms with Gasteiger partial charge in [-0.05, 0) is 35.4 Å². The Hall–Kier alpha value is -2.21. The summed E-state index contributed by atoms with van der Waals surface area (Å²) in [5, 5.41) is 9.36. The molecule has 0 aliphatic rings. The SMILES string of the molecule is O=C(O)c1cc(Cl)ccc1-c1cccc(OC(F)(F)F)c1. The van der Waals surface area contributed by atoms with Gasteiger partial charge in [-0.25, -0.2) is 4.79 Å². The minimum Gasteiger partial charge on any atom is -0.478 e. The third-order valence-corrected chi connectivity index (χ3v) is 2.83. The molecular weight excluding hydrogens is 309 g/mol. The molecule has 21 heavy (non-hydrogen) atoms. The van der Waals surface area contributed by atoms with Crippen molar-refractivity contribution in [2.75, 3.05) is 0 Å². The molecule has 3 nitrogen and oxygen atoms in total. The molecule has 0 amide bonds. The van der Waals surface area contributed by atoms with Gasteiger partial charge in [0.05, 0.1) is 5.56 Å². The Morgan fingerprint density at radius 3 is 2.48 bits per heavy atom. The van der Waals surface area contributed by atoms with Crippen LogP contribution in [0.1, 0.15) is 10.4 Å². The van der Waals surface area contributed by atoms with E-state index in [9.17, 15) is 18.0 Å². The molecule has 0 saturated heterocycles. The zero-order valence-corrected chi connectivity index (χ0v) is 11.1. The van der Waals surface area contributed by atoms with Crippen molar-refractivity contribution < 1.29 is 27.8 Å². The highest BCUT2D eigenvalue weighted by Gasteiger charge is 2.31. The van der Waals surface area contributed by atoms with Crippen molar-refractivity contribution in [1.29, 1.82) is 0 Å². The number of hydrogen-bond acceptors (Lipinski definition) is 2. The van der Waals surface area contributed by atoms with E-state index in [0.29, 0.717) is 0 Å². The monoisotopic (exact) mass is 316 g/mol. The summed E-state index contributed by atoms with van der Waals surface area (Å²) >= 11 is 5.73. The Morgan fingerprint density at radius 1 is 1.14 bits per heavy atom. The molecule has 0 fully saturated rings. The largest absolute Gasteiger partial charge is 0.573 e. The molecule has 0 heterocycles. The van der Waals surface area contributed by atoms with Gasteiger partial charge in [-0.2, -0.15) is 0 Å². The highest BCUT2D eigenvalue weighted by atomic mass is 35.5. The summed E-state index contributed by atoms with van der Waals surface area (Å²) in [4.78, 5) is 11.2. The number of carbonyl (C=O) groups is 1. The maximum absolute atomic E-state index is 12.2. The number of aromatic carboxylic acids is 1. The molecule has 0 saturated carbocycles. The van der Waals surface area contributed by atoms with Crippen LogP contribution < -0.4 is 4.74 Å². The lowest BCUT2D eigenvalue weighted by Gasteiger charge is -2.11. The number of halogens is 4. The second-order valence-electron chi connectivity index (χ2n) is 4.07. The molecule has 0 aliphatic heterocycles. The first-order chi connectivity index (χ1) is 9.76. The Balaban J connectivity index is 2.48. The van der Waals surface area contributed by atoms with Gasteiger partial charge >= 0.3 is 12.3 Å². The van der Waals surface area contributed by atoms with Crippen molar-refractivity contribution >= 4 is 17.6 Å². The molecule has 0 spiro atoms. The van der Waals surface area contributed by atoms with E-state index in [0.717, 1.165) is 12.1 Å². The van der Waals surface area contributed by atoms with Crippen LogP contribution in [-0.4, -0.2) is 17.4 Å². The third-order valence-electron chi connectivity index (χ3n) is 2.59. The lowest BCUT2D eigenvalue weighted by atomic mass is 9.99. The van der Waals surface area contributed by atoms with Crippen LogP contribution >= 0.6 is 11.6 Å². The van der Waals surface area contributed by atoms with Gasteiger partial charge in [0.2, 0.25) is 0 Å². The predicted octanol–water partition coefficient (Wildman–Crippen LogP) is 4.60. The van der Waals surface area contributed by atoms with Gasteiger partial charge in [-0.3, -0.25) is 0 Å². The summed E-state index contributed by atoms with van der Waals surface area (Å²) in [6, 6.07) is 9.20. The summed E-state index contributed by atoms with van der Waals surface area (Å²) in [5.74, 6) is -1.65. The summed E-state index contributed by atoms with van der Waals surface area (Å²) in [5.41, 5.74) is 0.428. The molecule has 2 aromatic rings. The van der Waals surface area contributed by atoms with E-state index in [1.54, 1.807) is 0 Å². The van der Waals surface area contributed by atoms with Crippen LogP contribution in [0.4, 0.5) is 13.2 Å². The smallest absolute Gasteiger partial charge is 0.478 e. The van der Waals surface area contributed by atoms with Crippen LogP contribution in [-0.2, 0) is 0 Å². The number of carboxylic acid groups (broad SMARTS) is 1. The van der Waals surface area contributed by atoms with E-state index in [2.05, 4.69) is 4.74 Å². The van der Waals surface area contributed by atoms with Gasteiger partial charge in [0.1, 0.15) is 5.75 Å². The van der Waals surface area contributed by atoms with Gasteiger partial charge in [0.15, 0.2) is 0 Å². The normalized spacial score (nSPS) is 11.2. The topological polar surface area (TPSA) is 46.5 Å². The van der Waals surface area contributed by atoms with Crippen LogP contribution in [0.15, 0.2) is 42.5 Å². The number of ether oxygens (including phenoxy) is 1. The summed E-state index contributed by atoms with van der Waals surface area (Å²) in [7, 11) is 0. The van der Waals surface area contributed by atoms with Crippen LogP contribution in [0, 0.1) is 0 Å². The first kappa shape index (κ1) is 15.2. The summed E-state index contributed by atoms with van der Waals surface area (Å²) in [6.45, 7) is 0. The fourth-order valence-corrected chi connectivity index (χ4v) is 1.98. The van der Waals surface area contributed by atoms with E-state index >= 15 is 0 Å². The van der Waals surface area contributed by atoms with Gasteiger partial charge < -0.3 is 9.84 Å². The van der Waals surface area contributed by atoms with Gasteiger partial charge in [0, 0.05) is 5.02 Å². The van der Waals surface area contributed by atoms with E-state index in [4.69, 9.17) is 16.7 Å². The second-order valence-corrected chi connectivity index (χ2v) is 4.51. The average Bonchev–Trinajstić information content (AvgIpc) is 2.36. The van der Waals surface area contributed by atoms with Crippen molar-refractivity contribution in [1.82, 2.24) is 0 Å². The lowest BCUT2D eigenvalue weighted by Crippen LogP contribution is -2.17. The average molecular weight is 317 g/mol. The zero-order chi connectivity index (χ0) is 15.6. The molecule has 0 atom stereocenters. The number of carboxylic acids is 1. The molecule has 1 N–H and O–H groups in total. The zero-order valence-electron chi connectivity index (χ0n) is 10.3.